The number of nitrogens with zero attached hydrogens (tertiary/aromatic N) is 4. The Morgan fingerprint density at radius 3 is 1.62 bits per heavy atom. The minimum absolute atomic E-state index is 0.0357. The molecule has 0 spiro atoms. The third-order valence-corrected chi connectivity index (χ3v) is 25.0. The van der Waals surface area contributed by atoms with Gasteiger partial charge >= 0.3 is 139 Å². The summed E-state index contributed by atoms with van der Waals surface area (Å²) in [6, 6.07) is 7.36. The SMILES string of the molecule is CCC[CH2][Sn]([CH2]CCC)([CH2]CCC)[c]1cnc(F)c(Cl)c1.Cc1cc(-c2cnc(F)c(Cl)c2)sn1.Cc1cc(Br)sn1. The Balaban J connectivity index is 0.000000249. The summed E-state index contributed by atoms with van der Waals surface area (Å²) in [6.45, 7) is 10.6. The number of halogens is 5. The van der Waals surface area contributed by atoms with Crippen molar-refractivity contribution < 1.29 is 8.78 Å². The molecule has 0 amide bonds. The molecular weight excluding hydrogens is 788 g/mol. The number of rotatable bonds is 11. The van der Waals surface area contributed by atoms with Crippen LogP contribution in [0.2, 0.25) is 23.4 Å². The van der Waals surface area contributed by atoms with Crippen molar-refractivity contribution in [2.75, 3.05) is 0 Å². The van der Waals surface area contributed by atoms with Crippen LogP contribution >= 0.6 is 62.2 Å². The quantitative estimate of drug-likeness (QED) is 0.112. The molecule has 4 aromatic heterocycles. The first-order valence-electron chi connectivity index (χ1n) is 14.2. The van der Waals surface area contributed by atoms with E-state index in [1.54, 1.807) is 12.3 Å². The predicted octanol–water partition coefficient (Wildman–Crippen LogP) is 11.5. The van der Waals surface area contributed by atoms with E-state index in [9.17, 15) is 8.78 Å². The second-order valence-corrected chi connectivity index (χ2v) is 27.2. The normalized spacial score (nSPS) is 11.0. The summed E-state index contributed by atoms with van der Waals surface area (Å²) in [5.41, 5.74) is 2.81. The van der Waals surface area contributed by atoms with Gasteiger partial charge in [-0.3, -0.25) is 0 Å². The number of aryl methyl sites for hydroxylation is 2. The van der Waals surface area contributed by atoms with E-state index >= 15 is 0 Å². The van der Waals surface area contributed by atoms with Gasteiger partial charge in [0.2, 0.25) is 5.95 Å². The summed E-state index contributed by atoms with van der Waals surface area (Å²) in [5, 5.41) is 0.242. The van der Waals surface area contributed by atoms with E-state index in [1.165, 1.54) is 84.7 Å². The van der Waals surface area contributed by atoms with Gasteiger partial charge in [0.15, 0.2) is 0 Å². The Kier molecular flexibility index (Phi) is 17.5. The molecule has 0 N–H and O–H groups in total. The first kappa shape index (κ1) is 37.5. The van der Waals surface area contributed by atoms with Crippen LogP contribution in [0.5, 0.6) is 0 Å². The van der Waals surface area contributed by atoms with Crippen LogP contribution in [-0.4, -0.2) is 37.1 Å². The molecule has 0 fully saturated rings. The molecule has 0 unspecified atom stereocenters. The van der Waals surface area contributed by atoms with Gasteiger partial charge in [-0.2, -0.15) is 13.1 Å². The first-order chi connectivity index (χ1) is 20.0. The van der Waals surface area contributed by atoms with Crippen molar-refractivity contribution in [2.45, 2.75) is 86.5 Å². The van der Waals surface area contributed by atoms with Crippen LogP contribution in [0.25, 0.3) is 10.4 Å². The molecule has 12 heteroatoms. The summed E-state index contributed by atoms with van der Waals surface area (Å²) in [4.78, 5) is 8.41. The summed E-state index contributed by atoms with van der Waals surface area (Å²) in [6.07, 6.45) is 10.8. The smallest absolute Gasteiger partial charge is 0.226 e. The minimum atomic E-state index is -2.48. The van der Waals surface area contributed by atoms with Crippen molar-refractivity contribution in [3.8, 4) is 10.4 Å². The van der Waals surface area contributed by atoms with Crippen molar-refractivity contribution in [1.82, 2.24) is 18.7 Å². The van der Waals surface area contributed by atoms with E-state index in [4.69, 9.17) is 23.2 Å². The molecule has 0 radical (unpaired) electrons. The fourth-order valence-corrected chi connectivity index (χ4v) is 22.5. The maximum Gasteiger partial charge on any atom is 0.231 e. The van der Waals surface area contributed by atoms with Gasteiger partial charge in [0, 0.05) is 11.8 Å². The number of unbranched alkanes of at least 4 members (excludes halogenated alkanes) is 3. The zero-order valence-corrected chi connectivity index (χ0v) is 32.4. The topological polar surface area (TPSA) is 51.6 Å². The average molecular weight is 827 g/mol. The molecule has 0 saturated heterocycles. The molecule has 4 aromatic rings. The van der Waals surface area contributed by atoms with Gasteiger partial charge in [0.1, 0.15) is 0 Å². The molecule has 0 aromatic carbocycles. The zero-order chi connectivity index (χ0) is 31.1. The van der Waals surface area contributed by atoms with E-state index in [0.29, 0.717) is 0 Å². The zero-order valence-electron chi connectivity index (χ0n) is 24.8. The maximum absolute atomic E-state index is 13.4. The molecular formula is C30H39BrCl2F2N4S2Sn. The Bertz CT molecular complexity index is 1330. The third kappa shape index (κ3) is 12.3. The van der Waals surface area contributed by atoms with Crippen LogP contribution in [0.15, 0.2) is 40.4 Å². The molecule has 230 valence electrons. The fourth-order valence-electron chi connectivity index (χ4n) is 4.45. The summed E-state index contributed by atoms with van der Waals surface area (Å²) < 4.78 is 40.8. The van der Waals surface area contributed by atoms with E-state index in [1.807, 2.05) is 32.0 Å². The molecule has 0 bridgehead atoms. The van der Waals surface area contributed by atoms with E-state index in [2.05, 4.69) is 55.4 Å². The summed E-state index contributed by atoms with van der Waals surface area (Å²) >= 11 is 15.3. The van der Waals surface area contributed by atoms with Gasteiger partial charge in [0.25, 0.3) is 0 Å². The molecule has 4 rings (SSSR count). The van der Waals surface area contributed by atoms with Crippen LogP contribution in [0.1, 0.15) is 70.7 Å². The van der Waals surface area contributed by atoms with E-state index in [-0.39, 0.29) is 10.0 Å². The number of hydrogen-bond donors (Lipinski definition) is 0. The van der Waals surface area contributed by atoms with Gasteiger partial charge in [-0.25, -0.2) is 4.98 Å². The van der Waals surface area contributed by atoms with Crippen molar-refractivity contribution in [3.05, 3.63) is 73.8 Å². The second kappa shape index (κ2) is 19.6. The van der Waals surface area contributed by atoms with Gasteiger partial charge < -0.3 is 0 Å². The monoisotopic (exact) mass is 826 g/mol. The Hall–Kier alpha value is -0.721. The second-order valence-electron chi connectivity index (χ2n) is 10.2. The molecule has 0 aliphatic rings. The molecule has 4 nitrogen and oxygen atoms in total. The van der Waals surface area contributed by atoms with E-state index < -0.39 is 30.3 Å². The minimum Gasteiger partial charge on any atom is -0.226 e. The van der Waals surface area contributed by atoms with Gasteiger partial charge in [0.05, 0.1) is 25.1 Å². The van der Waals surface area contributed by atoms with Crippen LogP contribution in [-0.2, 0) is 0 Å². The number of hydrogen-bond acceptors (Lipinski definition) is 6. The van der Waals surface area contributed by atoms with Crippen molar-refractivity contribution in [1.29, 1.82) is 0 Å². The molecule has 4 heterocycles. The maximum atomic E-state index is 13.4. The van der Waals surface area contributed by atoms with Crippen molar-refractivity contribution in [2.24, 2.45) is 0 Å². The van der Waals surface area contributed by atoms with Gasteiger partial charge in [-0.05, 0) is 71.0 Å². The van der Waals surface area contributed by atoms with Crippen LogP contribution < -0.4 is 3.58 Å². The van der Waals surface area contributed by atoms with Gasteiger partial charge in [-0.15, -0.1) is 0 Å². The fraction of sp³-hybridized carbons (Fsp3) is 0.467. The molecule has 0 saturated carbocycles. The predicted molar refractivity (Wildman–Crippen MR) is 183 cm³/mol. The molecule has 0 aliphatic carbocycles. The van der Waals surface area contributed by atoms with Crippen molar-refractivity contribution in [3.63, 3.8) is 0 Å². The largest absolute Gasteiger partial charge is 0.231 e. The average Bonchev–Trinajstić information content (AvgIpc) is 3.58. The summed E-state index contributed by atoms with van der Waals surface area (Å²) in [5.74, 6) is -1.17. The Morgan fingerprint density at radius 2 is 1.24 bits per heavy atom. The number of aromatic nitrogens is 4. The molecule has 42 heavy (non-hydrogen) atoms. The molecule has 0 atom stereocenters. The molecule has 0 aliphatic heterocycles. The Labute approximate surface area is 280 Å². The first-order valence-corrected chi connectivity index (χ1v) is 24.8. The van der Waals surface area contributed by atoms with Crippen molar-refractivity contribution >= 4 is 84.2 Å². The van der Waals surface area contributed by atoms with Crippen LogP contribution in [0.3, 0.4) is 0 Å². The third-order valence-electron chi connectivity index (χ3n) is 6.74. The van der Waals surface area contributed by atoms with Crippen LogP contribution in [0, 0.1) is 25.7 Å². The summed E-state index contributed by atoms with van der Waals surface area (Å²) in [7, 11) is 0. The van der Waals surface area contributed by atoms with E-state index in [0.717, 1.165) is 25.6 Å². The van der Waals surface area contributed by atoms with Gasteiger partial charge in [-0.1, -0.05) is 11.6 Å². The Morgan fingerprint density at radius 1 is 0.738 bits per heavy atom. The number of pyridine rings is 2. The van der Waals surface area contributed by atoms with Crippen LogP contribution in [0.4, 0.5) is 8.78 Å². The standard InChI is InChI=1S/C9H6ClFN2S.C5H2ClFN.C4H4BrNS.3C4H9.Sn/c1-5-2-8(14-13-5)6-3-7(10)9(11)12-4-6;6-4-2-1-3-8-5(4)7;1-3-2-4(5)7-6-3;3*1-3-4-2;/h2-4H,1H3;2-3H;2H,1H3;3*1,3-4H2,2H3;.